The summed E-state index contributed by atoms with van der Waals surface area (Å²) in [5.74, 6) is -0.349. The highest BCUT2D eigenvalue weighted by Crippen LogP contribution is 2.18. The van der Waals surface area contributed by atoms with E-state index in [0.717, 1.165) is 17.8 Å². The van der Waals surface area contributed by atoms with Crippen molar-refractivity contribution in [2.45, 2.75) is 39.8 Å². The minimum atomic E-state index is -0.568. The van der Waals surface area contributed by atoms with Crippen LogP contribution >= 0.6 is 11.6 Å². The molecule has 130 valence electrons. The smallest absolute Gasteiger partial charge is 0.358 e. The maximum Gasteiger partial charge on any atom is 0.389 e. The number of amides is 1. The normalized spacial score (nSPS) is 10.8. The molecule has 0 unspecified atom stereocenters. The fourth-order valence-electron chi connectivity index (χ4n) is 2.23. The van der Waals surface area contributed by atoms with E-state index < -0.39 is 4.92 Å². The first-order valence-corrected chi connectivity index (χ1v) is 7.90. The monoisotopic (exact) mass is 354 g/mol. The second-order valence-electron chi connectivity index (χ2n) is 5.36. The summed E-state index contributed by atoms with van der Waals surface area (Å²) in [6.07, 6.45) is 2.43. The number of rotatable bonds is 8. The summed E-state index contributed by atoms with van der Waals surface area (Å²) >= 11 is 6.08. The molecule has 0 spiro atoms. The Labute approximate surface area is 143 Å². The fraction of sp³-hybridized carbons (Fsp3) is 0.500. The first-order valence-electron chi connectivity index (χ1n) is 7.52. The number of aromatic nitrogens is 4. The molecule has 0 fully saturated rings. The predicted octanol–water partition coefficient (Wildman–Crippen LogP) is 1.85. The molecule has 0 saturated carbocycles. The Kier molecular flexibility index (Phi) is 5.91. The maximum atomic E-state index is 11.8. The molecule has 1 N–H and O–H groups in total. The summed E-state index contributed by atoms with van der Waals surface area (Å²) in [5, 5.41) is 22.1. The van der Waals surface area contributed by atoms with Crippen molar-refractivity contribution >= 4 is 23.3 Å². The molecule has 10 heteroatoms. The number of nitro groups is 1. The molecule has 0 atom stereocenters. The minimum absolute atomic E-state index is 0.125. The Balaban J connectivity index is 1.67. The largest absolute Gasteiger partial charge is 0.389 e. The number of aryl methyl sites for hydroxylation is 3. The zero-order valence-corrected chi connectivity index (χ0v) is 14.3. The predicted molar refractivity (Wildman–Crippen MR) is 87.8 cm³/mol. The number of carbonyl (C=O) groups excluding carboxylic acids is 1. The molecule has 24 heavy (non-hydrogen) atoms. The van der Waals surface area contributed by atoms with Crippen molar-refractivity contribution in [2.75, 3.05) is 6.54 Å². The lowest BCUT2D eigenvalue weighted by atomic mass is 10.3. The summed E-state index contributed by atoms with van der Waals surface area (Å²) in [4.78, 5) is 21.7. The molecule has 0 saturated heterocycles. The Morgan fingerprint density at radius 3 is 2.71 bits per heavy atom. The summed E-state index contributed by atoms with van der Waals surface area (Å²) in [6, 6.07) is 1.30. The molecule has 0 aliphatic carbocycles. The Morgan fingerprint density at radius 2 is 2.12 bits per heavy atom. The number of hydrogen-bond acceptors (Lipinski definition) is 5. The average molecular weight is 355 g/mol. The van der Waals surface area contributed by atoms with Crippen LogP contribution in [0.1, 0.15) is 24.2 Å². The molecule has 2 heterocycles. The third-order valence-electron chi connectivity index (χ3n) is 3.54. The summed E-state index contributed by atoms with van der Waals surface area (Å²) in [5.41, 5.74) is 1.72. The minimum Gasteiger partial charge on any atom is -0.358 e. The molecule has 1 amide bonds. The van der Waals surface area contributed by atoms with Crippen LogP contribution in [0.25, 0.3) is 0 Å². The van der Waals surface area contributed by atoms with Gasteiger partial charge in [-0.1, -0.05) is 11.6 Å². The van der Waals surface area contributed by atoms with Crippen molar-refractivity contribution in [2.24, 2.45) is 0 Å². The number of nitrogens with one attached hydrogen (secondary N) is 1. The van der Waals surface area contributed by atoms with Crippen molar-refractivity contribution in [3.63, 3.8) is 0 Å². The van der Waals surface area contributed by atoms with E-state index in [1.165, 1.54) is 16.9 Å². The van der Waals surface area contributed by atoms with E-state index in [0.29, 0.717) is 24.7 Å². The molecule has 2 aromatic heterocycles. The lowest BCUT2D eigenvalue weighted by Gasteiger charge is -2.06. The van der Waals surface area contributed by atoms with E-state index in [1.54, 1.807) is 0 Å². The fourth-order valence-corrected chi connectivity index (χ4v) is 2.36. The highest BCUT2D eigenvalue weighted by atomic mass is 35.5. The summed E-state index contributed by atoms with van der Waals surface area (Å²) in [7, 11) is 0. The maximum absolute atomic E-state index is 11.8. The number of halogens is 1. The second-order valence-corrected chi connectivity index (χ2v) is 5.73. The third kappa shape index (κ3) is 4.54. The zero-order chi connectivity index (χ0) is 17.7. The summed E-state index contributed by atoms with van der Waals surface area (Å²) < 4.78 is 3.21. The second kappa shape index (κ2) is 7.91. The van der Waals surface area contributed by atoms with Crippen molar-refractivity contribution < 1.29 is 9.72 Å². The van der Waals surface area contributed by atoms with Crippen molar-refractivity contribution in [3.8, 4) is 0 Å². The number of nitrogens with zero attached hydrogens (tertiary/aromatic N) is 5. The van der Waals surface area contributed by atoms with E-state index in [-0.39, 0.29) is 18.1 Å². The van der Waals surface area contributed by atoms with Crippen LogP contribution in [0.4, 0.5) is 5.82 Å². The van der Waals surface area contributed by atoms with Crippen molar-refractivity contribution in [3.05, 3.63) is 38.8 Å². The van der Waals surface area contributed by atoms with Gasteiger partial charge in [-0.3, -0.25) is 9.48 Å². The summed E-state index contributed by atoms with van der Waals surface area (Å²) in [6.45, 7) is 5.25. The standard InChI is InChI=1S/C14H19ClN6O3/c1-10-14(15)11(2)20(17-10)7-3-6-16-13(22)5-9-19-8-4-12(18-19)21(23)24/h4,8H,3,5-7,9H2,1-2H3,(H,16,22). The number of carbonyl (C=O) groups is 1. The van der Waals surface area contributed by atoms with Gasteiger partial charge in [-0.2, -0.15) is 9.78 Å². The van der Waals surface area contributed by atoms with Gasteiger partial charge in [-0.05, 0) is 25.2 Å². The molecule has 9 nitrogen and oxygen atoms in total. The van der Waals surface area contributed by atoms with Gasteiger partial charge in [0, 0.05) is 19.5 Å². The van der Waals surface area contributed by atoms with Crippen LogP contribution in [0.2, 0.25) is 5.02 Å². The average Bonchev–Trinajstić information content (AvgIpc) is 3.11. The topological polar surface area (TPSA) is 108 Å². The van der Waals surface area contributed by atoms with Crippen LogP contribution in [-0.2, 0) is 17.9 Å². The van der Waals surface area contributed by atoms with Crippen LogP contribution in [0.3, 0.4) is 0 Å². The van der Waals surface area contributed by atoms with Crippen molar-refractivity contribution in [1.82, 2.24) is 24.9 Å². The van der Waals surface area contributed by atoms with E-state index in [2.05, 4.69) is 15.5 Å². The van der Waals surface area contributed by atoms with E-state index in [4.69, 9.17) is 11.6 Å². The van der Waals surface area contributed by atoms with Crippen LogP contribution in [0.5, 0.6) is 0 Å². The highest BCUT2D eigenvalue weighted by Gasteiger charge is 2.12. The molecular weight excluding hydrogens is 336 g/mol. The van der Waals surface area contributed by atoms with Gasteiger partial charge in [0.2, 0.25) is 5.91 Å². The Morgan fingerprint density at radius 1 is 1.38 bits per heavy atom. The lowest BCUT2D eigenvalue weighted by molar-refractivity contribution is -0.389. The van der Waals surface area contributed by atoms with Gasteiger partial charge in [-0.25, -0.2) is 0 Å². The number of hydrogen-bond donors (Lipinski definition) is 1. The third-order valence-corrected chi connectivity index (χ3v) is 4.09. The van der Waals surface area contributed by atoms with Crippen LogP contribution in [0, 0.1) is 24.0 Å². The van der Waals surface area contributed by atoms with Gasteiger partial charge in [0.15, 0.2) is 0 Å². The molecule has 0 aliphatic rings. The van der Waals surface area contributed by atoms with E-state index in [9.17, 15) is 14.9 Å². The molecule has 0 aromatic carbocycles. The van der Waals surface area contributed by atoms with Crippen molar-refractivity contribution in [1.29, 1.82) is 0 Å². The molecule has 0 bridgehead atoms. The molecule has 0 radical (unpaired) electrons. The van der Waals surface area contributed by atoms with Crippen LogP contribution in [0.15, 0.2) is 12.3 Å². The molecule has 2 aromatic rings. The van der Waals surface area contributed by atoms with E-state index >= 15 is 0 Å². The first-order chi connectivity index (χ1) is 11.4. The van der Waals surface area contributed by atoms with Crippen LogP contribution in [-0.4, -0.2) is 36.9 Å². The van der Waals surface area contributed by atoms with Gasteiger partial charge in [0.05, 0.1) is 40.3 Å². The molecule has 0 aliphatic heterocycles. The lowest BCUT2D eigenvalue weighted by Crippen LogP contribution is -2.26. The van der Waals surface area contributed by atoms with Gasteiger partial charge in [0.1, 0.15) is 0 Å². The van der Waals surface area contributed by atoms with E-state index in [1.807, 2.05) is 18.5 Å². The van der Waals surface area contributed by atoms with Gasteiger partial charge in [0.25, 0.3) is 0 Å². The van der Waals surface area contributed by atoms with Gasteiger partial charge < -0.3 is 15.4 Å². The zero-order valence-electron chi connectivity index (χ0n) is 13.5. The molecular formula is C14H19ClN6O3. The van der Waals surface area contributed by atoms with Gasteiger partial charge in [-0.15, -0.1) is 0 Å². The Hall–Kier alpha value is -2.42. The first kappa shape index (κ1) is 17.9. The quantitative estimate of drug-likeness (QED) is 0.442. The Bertz CT molecular complexity index is 739. The molecule has 2 rings (SSSR count). The van der Waals surface area contributed by atoms with Crippen LogP contribution < -0.4 is 5.32 Å². The SMILES string of the molecule is Cc1nn(CCCNC(=O)CCn2ccc([N+](=O)[O-])n2)c(C)c1Cl. The van der Waals surface area contributed by atoms with Gasteiger partial charge >= 0.3 is 5.82 Å². The highest BCUT2D eigenvalue weighted by molar-refractivity contribution is 6.31.